The second kappa shape index (κ2) is 9.28. The first-order chi connectivity index (χ1) is 15.4. The molecule has 7 nitrogen and oxygen atoms in total. The Morgan fingerprint density at radius 3 is 2.72 bits per heavy atom. The fraction of sp³-hybridized carbons (Fsp3) is 0.480. The lowest BCUT2D eigenvalue weighted by molar-refractivity contribution is -0.120. The Hall–Kier alpha value is -2.93. The highest BCUT2D eigenvalue weighted by Crippen LogP contribution is 2.30. The Labute approximate surface area is 189 Å². The van der Waals surface area contributed by atoms with E-state index in [0.29, 0.717) is 17.3 Å². The molecule has 1 fully saturated rings. The summed E-state index contributed by atoms with van der Waals surface area (Å²) in [6.45, 7) is 10.5. The maximum Gasteiger partial charge on any atom is 0.254 e. The van der Waals surface area contributed by atoms with Gasteiger partial charge in [0, 0.05) is 60.9 Å². The second-order valence-corrected chi connectivity index (χ2v) is 8.68. The van der Waals surface area contributed by atoms with E-state index >= 15 is 0 Å². The van der Waals surface area contributed by atoms with Crippen molar-refractivity contribution in [3.63, 3.8) is 0 Å². The number of dihydropyridines is 1. The number of carbonyl (C=O) groups excluding carboxylic acids is 2. The van der Waals surface area contributed by atoms with E-state index < -0.39 is 5.92 Å². The average Bonchev–Trinajstić information content (AvgIpc) is 3.23. The van der Waals surface area contributed by atoms with Crippen molar-refractivity contribution in [1.29, 1.82) is 0 Å². The van der Waals surface area contributed by atoms with Crippen molar-refractivity contribution in [2.75, 3.05) is 31.2 Å². The lowest BCUT2D eigenvalue weighted by atomic mass is 9.95. The minimum Gasteiger partial charge on any atom is -0.381 e. The van der Waals surface area contributed by atoms with Crippen molar-refractivity contribution in [3.05, 3.63) is 47.2 Å². The molecule has 2 aromatic heterocycles. The molecule has 1 unspecified atom stereocenters. The van der Waals surface area contributed by atoms with Gasteiger partial charge in [0.25, 0.3) is 11.8 Å². The van der Waals surface area contributed by atoms with Gasteiger partial charge in [-0.15, -0.1) is 0 Å². The minimum absolute atomic E-state index is 0.164. The molecule has 7 heteroatoms. The molecule has 1 saturated heterocycles. The number of hydrogen-bond donors (Lipinski definition) is 1. The van der Waals surface area contributed by atoms with E-state index in [1.807, 2.05) is 45.0 Å². The molecule has 4 heterocycles. The number of anilines is 1. The zero-order valence-corrected chi connectivity index (χ0v) is 19.4. The van der Waals surface area contributed by atoms with Crippen LogP contribution < -0.4 is 10.2 Å². The standard InChI is InChI=1S/C25H32N4O3/c1-5-28(19-8-11-32-12-9-19)25-18(4)21(14-20-7-6-10-29(20)25)23(30)26-15-22-16(2)13-17(3)27-24(22)31/h6-7,10,13-14,19,22H,5,8-9,11-12,15H2,1-4H3,(H,26,30). The number of carbonyl (C=O) groups is 2. The Morgan fingerprint density at radius 2 is 2.03 bits per heavy atom. The zero-order chi connectivity index (χ0) is 22.8. The highest BCUT2D eigenvalue weighted by Gasteiger charge is 2.27. The number of hydrogen-bond acceptors (Lipinski definition) is 4. The summed E-state index contributed by atoms with van der Waals surface area (Å²) in [6, 6.07) is 6.34. The number of fused-ring (bicyclic) bond motifs is 1. The first-order valence-electron chi connectivity index (χ1n) is 11.4. The van der Waals surface area contributed by atoms with Crippen LogP contribution in [0.3, 0.4) is 0 Å². The van der Waals surface area contributed by atoms with Crippen molar-refractivity contribution in [3.8, 4) is 0 Å². The van der Waals surface area contributed by atoms with Gasteiger partial charge in [0.05, 0.1) is 5.92 Å². The monoisotopic (exact) mass is 436 g/mol. The maximum atomic E-state index is 13.3. The molecule has 2 aromatic rings. The van der Waals surface area contributed by atoms with Crippen molar-refractivity contribution in [2.45, 2.75) is 46.6 Å². The number of amides is 2. The van der Waals surface area contributed by atoms with E-state index in [9.17, 15) is 9.59 Å². The molecule has 2 aliphatic heterocycles. The molecule has 0 saturated carbocycles. The molecule has 170 valence electrons. The number of rotatable bonds is 6. The average molecular weight is 437 g/mol. The van der Waals surface area contributed by atoms with Crippen molar-refractivity contribution < 1.29 is 14.3 Å². The van der Waals surface area contributed by atoms with Crippen LogP contribution >= 0.6 is 0 Å². The lowest BCUT2D eigenvalue weighted by Gasteiger charge is -2.37. The van der Waals surface area contributed by atoms with Crippen LogP contribution in [0.4, 0.5) is 5.82 Å². The van der Waals surface area contributed by atoms with Gasteiger partial charge >= 0.3 is 0 Å². The van der Waals surface area contributed by atoms with Gasteiger partial charge in [-0.2, -0.15) is 0 Å². The quantitative estimate of drug-likeness (QED) is 0.752. The van der Waals surface area contributed by atoms with Gasteiger partial charge in [-0.1, -0.05) is 5.57 Å². The molecule has 4 rings (SSSR count). The number of allylic oxidation sites excluding steroid dienone is 1. The number of pyridine rings is 1. The molecule has 32 heavy (non-hydrogen) atoms. The first-order valence-corrected chi connectivity index (χ1v) is 11.4. The van der Waals surface area contributed by atoms with E-state index in [1.165, 1.54) is 0 Å². The summed E-state index contributed by atoms with van der Waals surface area (Å²) >= 11 is 0. The van der Waals surface area contributed by atoms with Gasteiger partial charge in [0.15, 0.2) is 0 Å². The van der Waals surface area contributed by atoms with Crippen LogP contribution in [0.5, 0.6) is 0 Å². The highest BCUT2D eigenvalue weighted by atomic mass is 16.5. The topological polar surface area (TPSA) is 75.4 Å². The summed E-state index contributed by atoms with van der Waals surface area (Å²) in [5.74, 6) is 0.284. The third-order valence-corrected chi connectivity index (χ3v) is 6.57. The van der Waals surface area contributed by atoms with Gasteiger partial charge in [0.1, 0.15) is 5.82 Å². The summed E-state index contributed by atoms with van der Waals surface area (Å²) in [4.78, 5) is 32.0. The van der Waals surface area contributed by atoms with Crippen LogP contribution in [0.2, 0.25) is 0 Å². The van der Waals surface area contributed by atoms with Crippen LogP contribution in [0.15, 0.2) is 41.0 Å². The molecule has 0 radical (unpaired) electrons. The third-order valence-electron chi connectivity index (χ3n) is 6.57. The first kappa shape index (κ1) is 22.3. The summed E-state index contributed by atoms with van der Waals surface area (Å²) < 4.78 is 7.74. The molecular formula is C25H32N4O3. The minimum atomic E-state index is -0.408. The van der Waals surface area contributed by atoms with E-state index in [1.54, 1.807) is 0 Å². The summed E-state index contributed by atoms with van der Waals surface area (Å²) in [6.07, 6.45) is 5.90. The summed E-state index contributed by atoms with van der Waals surface area (Å²) in [5, 5.41) is 2.99. The van der Waals surface area contributed by atoms with Gasteiger partial charge in [-0.25, -0.2) is 4.99 Å². The predicted molar refractivity (Wildman–Crippen MR) is 127 cm³/mol. The number of aliphatic imine (C=N–C) groups is 1. The molecule has 0 aromatic carbocycles. The third kappa shape index (κ3) is 4.21. The Balaban J connectivity index is 1.63. The number of nitrogens with one attached hydrogen (secondary N) is 1. The molecule has 1 atom stereocenters. The van der Waals surface area contributed by atoms with E-state index in [4.69, 9.17) is 4.74 Å². The van der Waals surface area contributed by atoms with Crippen LogP contribution in [-0.2, 0) is 9.53 Å². The van der Waals surface area contributed by atoms with Crippen LogP contribution in [0.1, 0.15) is 49.5 Å². The number of aromatic nitrogens is 1. The predicted octanol–water partition coefficient (Wildman–Crippen LogP) is 3.55. The van der Waals surface area contributed by atoms with Gasteiger partial charge in [-0.3, -0.25) is 9.59 Å². The van der Waals surface area contributed by atoms with E-state index in [2.05, 4.69) is 32.7 Å². The maximum absolute atomic E-state index is 13.3. The van der Waals surface area contributed by atoms with Crippen molar-refractivity contribution in [2.24, 2.45) is 10.9 Å². The smallest absolute Gasteiger partial charge is 0.254 e. The fourth-order valence-electron chi connectivity index (χ4n) is 4.88. The number of ether oxygens (including phenoxy) is 1. The van der Waals surface area contributed by atoms with Crippen molar-refractivity contribution >= 4 is 28.9 Å². The van der Waals surface area contributed by atoms with Gasteiger partial charge in [-0.05, 0) is 64.8 Å². The zero-order valence-electron chi connectivity index (χ0n) is 19.4. The van der Waals surface area contributed by atoms with Crippen LogP contribution in [0, 0.1) is 12.8 Å². The molecular weight excluding hydrogens is 404 g/mol. The molecule has 0 spiro atoms. The normalized spacial score (nSPS) is 19.6. The Kier molecular flexibility index (Phi) is 6.46. The number of nitrogens with zero attached hydrogens (tertiary/aromatic N) is 3. The Bertz CT molecular complexity index is 1090. The fourth-order valence-corrected chi connectivity index (χ4v) is 4.88. The highest BCUT2D eigenvalue weighted by molar-refractivity contribution is 6.06. The Morgan fingerprint density at radius 1 is 1.28 bits per heavy atom. The molecule has 2 aliphatic rings. The second-order valence-electron chi connectivity index (χ2n) is 8.68. The summed E-state index contributed by atoms with van der Waals surface area (Å²) in [7, 11) is 0. The lowest BCUT2D eigenvalue weighted by Crippen LogP contribution is -2.41. The van der Waals surface area contributed by atoms with Crippen LogP contribution in [-0.4, -0.2) is 54.3 Å². The molecule has 0 bridgehead atoms. The van der Waals surface area contributed by atoms with E-state index in [-0.39, 0.29) is 18.4 Å². The van der Waals surface area contributed by atoms with Gasteiger partial charge < -0.3 is 19.4 Å². The van der Waals surface area contributed by atoms with Gasteiger partial charge in [0.2, 0.25) is 0 Å². The van der Waals surface area contributed by atoms with Crippen LogP contribution in [0.25, 0.3) is 5.52 Å². The summed E-state index contributed by atoms with van der Waals surface area (Å²) in [5.41, 5.74) is 4.20. The molecule has 1 N–H and O–H groups in total. The van der Waals surface area contributed by atoms with Crippen molar-refractivity contribution in [1.82, 2.24) is 9.72 Å². The molecule has 2 amide bonds. The largest absolute Gasteiger partial charge is 0.381 e. The molecule has 0 aliphatic carbocycles. The SMILES string of the molecule is CCN(c1c(C)c(C(=O)NCC2C(=O)N=C(C)C=C2C)cc2cccn12)C1CCOCC1. The van der Waals surface area contributed by atoms with E-state index in [0.717, 1.165) is 55.1 Å².